The van der Waals surface area contributed by atoms with Crippen molar-refractivity contribution in [3.05, 3.63) is 36.8 Å². The van der Waals surface area contributed by atoms with E-state index in [1.54, 1.807) is 5.32 Å². The Morgan fingerprint density at radius 3 is 1.51 bits per heavy atom. The molecule has 35 heavy (non-hydrogen) atoms. The molecule has 1 amide bonds. The molecular formula is C20H26F6N2O7. The molecule has 0 atom stereocenters. The quantitative estimate of drug-likeness (QED) is 0.0798. The molecule has 0 bridgehead atoms. The summed E-state index contributed by atoms with van der Waals surface area (Å²) in [5, 5.41) is 4.02. The number of nitrogens with one attached hydrogen (secondary N) is 2. The van der Waals surface area contributed by atoms with Gasteiger partial charge in [0.15, 0.2) is 19.1 Å². The van der Waals surface area contributed by atoms with Gasteiger partial charge < -0.3 is 29.6 Å². The number of hydrogen-bond donors (Lipinski definition) is 2. The summed E-state index contributed by atoms with van der Waals surface area (Å²) in [6.45, 7) is 6.46. The highest BCUT2D eigenvalue weighted by atomic mass is 19.3. The maximum Gasteiger partial charge on any atom is 0.407 e. The number of halogens is 6. The minimum Gasteiger partial charge on any atom is -0.473 e. The number of ether oxygens (including phenoxy) is 4. The van der Waals surface area contributed by atoms with Crippen molar-refractivity contribution in [3.63, 3.8) is 0 Å². The van der Waals surface area contributed by atoms with Crippen LogP contribution in [0.2, 0.25) is 0 Å². The first kappa shape index (κ1) is 31.6. The Kier molecular flexibility index (Phi) is 12.2. The Morgan fingerprint density at radius 2 is 1.09 bits per heavy atom. The summed E-state index contributed by atoms with van der Waals surface area (Å²) in [6.07, 6.45) is -1.64. The van der Waals surface area contributed by atoms with E-state index in [1.165, 1.54) is 13.8 Å². The fraction of sp³-hybridized carbons (Fsp3) is 0.550. The molecule has 0 aliphatic rings. The first-order valence-electron chi connectivity index (χ1n) is 9.69. The van der Waals surface area contributed by atoms with Crippen molar-refractivity contribution in [2.75, 3.05) is 39.5 Å². The number of alkyl carbamates (subject to hydrolysis) is 1. The van der Waals surface area contributed by atoms with E-state index < -0.39 is 68.0 Å². The monoisotopic (exact) mass is 520 g/mol. The van der Waals surface area contributed by atoms with E-state index in [9.17, 15) is 40.7 Å². The zero-order chi connectivity index (χ0) is 27.4. The second-order valence-corrected chi connectivity index (χ2v) is 6.96. The van der Waals surface area contributed by atoms with E-state index in [4.69, 9.17) is 0 Å². The average Bonchev–Trinajstić information content (AvgIpc) is 2.76. The van der Waals surface area contributed by atoms with E-state index in [2.05, 4.69) is 44.0 Å². The van der Waals surface area contributed by atoms with Gasteiger partial charge in [0.1, 0.15) is 13.2 Å². The number of carbonyl (C=O) groups excluding carboxylic acids is 3. The molecule has 9 nitrogen and oxygen atoms in total. The van der Waals surface area contributed by atoms with Crippen LogP contribution in [0, 0.1) is 0 Å². The summed E-state index contributed by atoms with van der Waals surface area (Å²) >= 11 is 0. The maximum absolute atomic E-state index is 13.8. The zero-order valence-electron chi connectivity index (χ0n) is 19.0. The van der Waals surface area contributed by atoms with E-state index in [0.717, 1.165) is 0 Å². The largest absolute Gasteiger partial charge is 0.473 e. The van der Waals surface area contributed by atoms with Crippen LogP contribution in [-0.4, -0.2) is 75.3 Å². The third-order valence-corrected chi connectivity index (χ3v) is 3.69. The first-order valence-corrected chi connectivity index (χ1v) is 9.69. The highest BCUT2D eigenvalue weighted by Gasteiger charge is 2.72. The third kappa shape index (κ3) is 10.6. The van der Waals surface area contributed by atoms with Crippen molar-refractivity contribution in [1.29, 1.82) is 0 Å². The lowest BCUT2D eigenvalue weighted by Crippen LogP contribution is -2.58. The van der Waals surface area contributed by atoms with Crippen molar-refractivity contribution >= 4 is 18.0 Å². The van der Waals surface area contributed by atoms with Gasteiger partial charge in [-0.05, 0) is 20.4 Å². The Hall–Kier alpha value is -3.39. The maximum atomic E-state index is 13.8. The summed E-state index contributed by atoms with van der Waals surface area (Å²) in [5.41, 5.74) is 0.135. The van der Waals surface area contributed by atoms with Crippen LogP contribution in [0.3, 0.4) is 0 Å². The van der Waals surface area contributed by atoms with Gasteiger partial charge in [0.2, 0.25) is 0 Å². The fourth-order valence-electron chi connectivity index (χ4n) is 1.76. The summed E-state index contributed by atoms with van der Waals surface area (Å²) in [6, 6.07) is 0. The van der Waals surface area contributed by atoms with Gasteiger partial charge in [-0.1, -0.05) is 13.2 Å². The van der Waals surface area contributed by atoms with Gasteiger partial charge in [-0.3, -0.25) is 0 Å². The summed E-state index contributed by atoms with van der Waals surface area (Å²) in [7, 11) is 0. The lowest BCUT2D eigenvalue weighted by Gasteiger charge is -2.32. The smallest absolute Gasteiger partial charge is 0.407 e. The summed E-state index contributed by atoms with van der Waals surface area (Å²) in [5.74, 6) is -19.1. The van der Waals surface area contributed by atoms with Crippen LogP contribution >= 0.6 is 0 Å². The Morgan fingerprint density at radius 1 is 0.686 bits per heavy atom. The molecule has 0 aromatic rings. The zero-order valence-corrected chi connectivity index (χ0v) is 19.0. The average molecular weight is 520 g/mol. The van der Waals surface area contributed by atoms with Crippen molar-refractivity contribution in [2.24, 2.45) is 0 Å². The summed E-state index contributed by atoms with van der Waals surface area (Å²) in [4.78, 5) is 33.6. The molecule has 0 heterocycles. The van der Waals surface area contributed by atoms with Gasteiger partial charge in [0.25, 0.3) is 0 Å². The molecule has 2 N–H and O–H groups in total. The van der Waals surface area contributed by atoms with E-state index >= 15 is 0 Å². The lowest BCUT2D eigenvalue weighted by atomic mass is 10.1. The van der Waals surface area contributed by atoms with Gasteiger partial charge in [0, 0.05) is 11.1 Å². The van der Waals surface area contributed by atoms with Gasteiger partial charge in [0.05, 0.1) is 13.1 Å². The van der Waals surface area contributed by atoms with Crippen LogP contribution in [0.4, 0.5) is 31.1 Å². The van der Waals surface area contributed by atoms with Gasteiger partial charge in [-0.15, -0.1) is 0 Å². The standard InChI is InChI=1S/C20H26F6N2O7/c1-12(2)15(29)32-8-6-27-14(5)34-10-18(21,22)20(25,26)19(23,24)11-35-17(31)28-7-9-33-16(30)13(3)4/h27H,1,3,5-11H2,2,4H3,(H,28,31). The van der Waals surface area contributed by atoms with E-state index in [1.807, 2.05) is 0 Å². The molecule has 0 rings (SSSR count). The number of carbonyl (C=O) groups is 3. The van der Waals surface area contributed by atoms with E-state index in [-0.39, 0.29) is 24.3 Å². The van der Waals surface area contributed by atoms with E-state index in [0.29, 0.717) is 0 Å². The highest BCUT2D eigenvalue weighted by molar-refractivity contribution is 5.87. The van der Waals surface area contributed by atoms with Crippen molar-refractivity contribution < 1.29 is 59.7 Å². The Labute approximate surface area is 197 Å². The molecule has 15 heteroatoms. The molecule has 0 aliphatic heterocycles. The second-order valence-electron chi connectivity index (χ2n) is 6.96. The molecule has 0 aromatic carbocycles. The van der Waals surface area contributed by atoms with Gasteiger partial charge >= 0.3 is 35.8 Å². The number of alkyl halides is 6. The Balaban J connectivity index is 4.61. The first-order chi connectivity index (χ1) is 15.9. The number of hydrogen-bond acceptors (Lipinski definition) is 8. The van der Waals surface area contributed by atoms with Crippen LogP contribution in [0.5, 0.6) is 0 Å². The summed E-state index contributed by atoms with van der Waals surface area (Å²) < 4.78 is 100. The molecule has 0 spiro atoms. The van der Waals surface area contributed by atoms with Crippen LogP contribution in [0.15, 0.2) is 36.8 Å². The minimum atomic E-state index is -5.99. The Bertz CT molecular complexity index is 754. The molecule has 0 saturated carbocycles. The SMILES string of the molecule is C=C(NCCOC(=O)C(=C)C)OCC(F)(F)C(F)(F)C(F)(F)COC(=O)NCCOC(=O)C(=C)C. The highest BCUT2D eigenvalue weighted by Crippen LogP contribution is 2.46. The van der Waals surface area contributed by atoms with Crippen LogP contribution in [0.25, 0.3) is 0 Å². The van der Waals surface area contributed by atoms with Crippen molar-refractivity contribution in [2.45, 2.75) is 31.6 Å². The van der Waals surface area contributed by atoms with Crippen LogP contribution in [0.1, 0.15) is 13.8 Å². The topological polar surface area (TPSA) is 112 Å². The third-order valence-electron chi connectivity index (χ3n) is 3.69. The second kappa shape index (κ2) is 13.5. The molecular weight excluding hydrogens is 494 g/mol. The van der Waals surface area contributed by atoms with Crippen LogP contribution in [-0.2, 0) is 28.5 Å². The molecule has 0 radical (unpaired) electrons. The molecule has 0 aliphatic carbocycles. The minimum absolute atomic E-state index is 0.0443. The normalized spacial score (nSPS) is 11.7. The van der Waals surface area contributed by atoms with Gasteiger partial charge in [-0.25, -0.2) is 14.4 Å². The molecule has 200 valence electrons. The molecule has 0 fully saturated rings. The number of esters is 2. The van der Waals surface area contributed by atoms with Crippen molar-refractivity contribution in [1.82, 2.24) is 10.6 Å². The van der Waals surface area contributed by atoms with Crippen LogP contribution < -0.4 is 10.6 Å². The predicted octanol–water partition coefficient (Wildman–Crippen LogP) is 2.93. The lowest BCUT2D eigenvalue weighted by molar-refractivity contribution is -0.324. The molecule has 0 saturated heterocycles. The molecule has 0 unspecified atom stereocenters. The molecule has 0 aromatic heterocycles. The number of rotatable bonds is 16. The predicted molar refractivity (Wildman–Crippen MR) is 109 cm³/mol. The fourth-order valence-corrected chi connectivity index (χ4v) is 1.76. The number of amides is 1. The van der Waals surface area contributed by atoms with Crippen molar-refractivity contribution in [3.8, 4) is 0 Å². The van der Waals surface area contributed by atoms with Gasteiger partial charge in [-0.2, -0.15) is 26.3 Å².